The summed E-state index contributed by atoms with van der Waals surface area (Å²) >= 11 is 0. The van der Waals surface area contributed by atoms with Crippen molar-refractivity contribution in [2.24, 2.45) is 17.6 Å². The Balaban J connectivity index is 1.28. The summed E-state index contributed by atoms with van der Waals surface area (Å²) in [5.41, 5.74) is 6.71. The van der Waals surface area contributed by atoms with E-state index in [0.29, 0.717) is 17.4 Å². The minimum atomic E-state index is -4.17. The van der Waals surface area contributed by atoms with E-state index in [2.05, 4.69) is 29.2 Å². The molecule has 2 saturated heterocycles. The molecule has 2 aliphatic rings. The Morgan fingerprint density at radius 2 is 1.52 bits per heavy atom. The van der Waals surface area contributed by atoms with Crippen LogP contribution in [0.25, 0.3) is 0 Å². The molecule has 2 aromatic rings. The number of rotatable bonds is 6. The normalized spacial score (nSPS) is 21.2. The van der Waals surface area contributed by atoms with E-state index in [-0.39, 0.29) is 10.8 Å². The summed E-state index contributed by atoms with van der Waals surface area (Å²) in [6.45, 7) is 4.55. The lowest BCUT2D eigenvalue weighted by Gasteiger charge is -2.21. The Morgan fingerprint density at radius 3 is 2.10 bits per heavy atom. The lowest BCUT2D eigenvalue weighted by atomic mass is 10.0. The van der Waals surface area contributed by atoms with Gasteiger partial charge in [0.25, 0.3) is 15.7 Å². The zero-order valence-electron chi connectivity index (χ0n) is 17.3. The summed E-state index contributed by atoms with van der Waals surface area (Å²) in [6.07, 6.45) is 2.21. The molecule has 0 radical (unpaired) electrons. The van der Waals surface area contributed by atoms with Crippen LogP contribution in [0.4, 0.5) is 4.79 Å². The van der Waals surface area contributed by atoms with Gasteiger partial charge in [0.2, 0.25) is 0 Å². The standard InChI is InChI=1S/C23H27N3O4S/c24-23(28)31(29,30)21-10-8-18(9-11-21)22(27)26-15-19-13-25(14-20(19)16-26)12-4-7-17-5-2-1-3-6-17/h1-3,5-6,8-11,19-20H,4,7,12-16H2,(H2,24,28)/t19-,20?/m0/s1. The first-order valence-electron chi connectivity index (χ1n) is 10.5. The van der Waals surface area contributed by atoms with Gasteiger partial charge in [-0.15, -0.1) is 0 Å². The Morgan fingerprint density at radius 1 is 0.903 bits per heavy atom. The molecule has 0 aromatic heterocycles. The fraction of sp³-hybridized carbons (Fsp3) is 0.391. The van der Waals surface area contributed by atoms with Crippen LogP contribution in [0.2, 0.25) is 0 Å². The number of carbonyl (C=O) groups excluding carboxylic acids is 2. The zero-order valence-corrected chi connectivity index (χ0v) is 18.1. The molecule has 0 spiro atoms. The van der Waals surface area contributed by atoms with Crippen LogP contribution in [0.5, 0.6) is 0 Å². The molecule has 0 aliphatic carbocycles. The van der Waals surface area contributed by atoms with E-state index in [1.54, 1.807) is 0 Å². The first kappa shape index (κ1) is 21.5. The topological polar surface area (TPSA) is 101 Å². The molecule has 2 aromatic carbocycles. The number of benzene rings is 2. The average Bonchev–Trinajstić information content (AvgIpc) is 3.33. The van der Waals surface area contributed by atoms with Crippen molar-refractivity contribution in [3.05, 3.63) is 65.7 Å². The van der Waals surface area contributed by atoms with Gasteiger partial charge in [-0.25, -0.2) is 8.42 Å². The van der Waals surface area contributed by atoms with Gasteiger partial charge >= 0.3 is 5.24 Å². The molecule has 4 rings (SSSR count). The summed E-state index contributed by atoms with van der Waals surface area (Å²) < 4.78 is 23.6. The highest BCUT2D eigenvalue weighted by atomic mass is 32.2. The fourth-order valence-corrected chi connectivity index (χ4v) is 5.39. The van der Waals surface area contributed by atoms with E-state index < -0.39 is 15.1 Å². The van der Waals surface area contributed by atoms with E-state index in [0.717, 1.165) is 45.6 Å². The van der Waals surface area contributed by atoms with Gasteiger partial charge in [-0.05, 0) is 61.1 Å². The van der Waals surface area contributed by atoms with Gasteiger partial charge in [0.1, 0.15) is 0 Å². The van der Waals surface area contributed by atoms with Gasteiger partial charge in [-0.3, -0.25) is 9.59 Å². The van der Waals surface area contributed by atoms with Crippen LogP contribution in [-0.2, 0) is 16.3 Å². The molecule has 164 valence electrons. The summed E-state index contributed by atoms with van der Waals surface area (Å²) in [6, 6.07) is 15.9. The number of aryl methyl sites for hydroxylation is 1. The van der Waals surface area contributed by atoms with Gasteiger partial charge < -0.3 is 15.5 Å². The maximum absolute atomic E-state index is 12.9. The molecule has 8 heteroatoms. The van der Waals surface area contributed by atoms with Crippen molar-refractivity contribution in [3.8, 4) is 0 Å². The minimum absolute atomic E-state index is 0.104. The number of carbonyl (C=O) groups is 2. The smallest absolute Gasteiger partial charge is 0.338 e. The second kappa shape index (κ2) is 8.80. The number of amides is 2. The number of hydrogen-bond acceptors (Lipinski definition) is 5. The van der Waals surface area contributed by atoms with E-state index in [9.17, 15) is 18.0 Å². The third kappa shape index (κ3) is 4.65. The van der Waals surface area contributed by atoms with Crippen LogP contribution >= 0.6 is 0 Å². The maximum Gasteiger partial charge on any atom is 0.338 e. The maximum atomic E-state index is 12.9. The Kier molecular flexibility index (Phi) is 6.11. The van der Waals surface area contributed by atoms with Gasteiger partial charge in [-0.2, -0.15) is 0 Å². The van der Waals surface area contributed by atoms with Crippen molar-refractivity contribution in [2.75, 3.05) is 32.7 Å². The molecule has 2 fully saturated rings. The SMILES string of the molecule is NC(=O)S(=O)(=O)c1ccc(C(=O)N2CC3CN(CCCc4ccccc4)C[C@H]3C2)cc1. The molecule has 1 unspecified atom stereocenters. The molecule has 0 saturated carbocycles. The summed E-state index contributed by atoms with van der Waals surface area (Å²) in [5.74, 6) is 0.860. The molecular weight excluding hydrogens is 414 g/mol. The van der Waals surface area contributed by atoms with Crippen molar-refractivity contribution in [3.63, 3.8) is 0 Å². The van der Waals surface area contributed by atoms with Crippen LogP contribution in [0.3, 0.4) is 0 Å². The average molecular weight is 442 g/mol. The van der Waals surface area contributed by atoms with Gasteiger partial charge in [0.15, 0.2) is 0 Å². The third-order valence-electron chi connectivity index (χ3n) is 6.31. The summed E-state index contributed by atoms with van der Waals surface area (Å²) in [4.78, 5) is 28.1. The van der Waals surface area contributed by atoms with Crippen LogP contribution in [-0.4, -0.2) is 62.1 Å². The number of nitrogens with two attached hydrogens (primary N) is 1. The number of primary amides is 1. The summed E-state index contributed by atoms with van der Waals surface area (Å²) in [5, 5.41) is -1.40. The number of sulfone groups is 1. The number of likely N-dealkylation sites (tertiary alicyclic amines) is 2. The largest absolute Gasteiger partial charge is 0.356 e. The van der Waals surface area contributed by atoms with E-state index in [1.807, 2.05) is 11.0 Å². The predicted molar refractivity (Wildman–Crippen MR) is 117 cm³/mol. The number of fused-ring (bicyclic) bond motifs is 1. The molecule has 7 nitrogen and oxygen atoms in total. The first-order valence-corrected chi connectivity index (χ1v) is 12.0. The van der Waals surface area contributed by atoms with Gasteiger partial charge in [0, 0.05) is 31.7 Å². The zero-order chi connectivity index (χ0) is 22.0. The highest BCUT2D eigenvalue weighted by molar-refractivity contribution is 8.06. The van der Waals surface area contributed by atoms with Gasteiger partial charge in [-0.1, -0.05) is 30.3 Å². The molecular formula is C23H27N3O4S. The molecule has 31 heavy (non-hydrogen) atoms. The van der Waals surface area contributed by atoms with Crippen LogP contribution in [0.1, 0.15) is 22.3 Å². The van der Waals surface area contributed by atoms with Crippen molar-refractivity contribution < 1.29 is 18.0 Å². The first-order chi connectivity index (χ1) is 14.8. The lowest BCUT2D eigenvalue weighted by molar-refractivity contribution is 0.0774. The number of nitrogens with zero attached hydrogens (tertiary/aromatic N) is 2. The van der Waals surface area contributed by atoms with E-state index in [4.69, 9.17) is 5.73 Å². The molecule has 0 bridgehead atoms. The Hall–Kier alpha value is -2.71. The van der Waals surface area contributed by atoms with Crippen molar-refractivity contribution in [1.82, 2.24) is 9.80 Å². The molecule has 2 N–H and O–H groups in total. The summed E-state index contributed by atoms with van der Waals surface area (Å²) in [7, 11) is -4.17. The monoisotopic (exact) mass is 441 g/mol. The molecule has 2 atom stereocenters. The van der Waals surface area contributed by atoms with Crippen LogP contribution in [0, 0.1) is 11.8 Å². The van der Waals surface area contributed by atoms with Crippen molar-refractivity contribution in [1.29, 1.82) is 0 Å². The van der Waals surface area contributed by atoms with Crippen molar-refractivity contribution >= 4 is 21.0 Å². The third-order valence-corrected chi connectivity index (χ3v) is 7.73. The van der Waals surface area contributed by atoms with E-state index in [1.165, 1.54) is 29.8 Å². The van der Waals surface area contributed by atoms with Gasteiger partial charge in [0.05, 0.1) is 4.90 Å². The predicted octanol–water partition coefficient (Wildman–Crippen LogP) is 2.18. The Labute approximate surface area is 182 Å². The Bertz CT molecular complexity index is 1040. The quantitative estimate of drug-likeness (QED) is 0.740. The fourth-order valence-electron chi connectivity index (χ4n) is 4.67. The molecule has 2 heterocycles. The lowest BCUT2D eigenvalue weighted by Crippen LogP contribution is -2.33. The van der Waals surface area contributed by atoms with E-state index >= 15 is 0 Å². The second-order valence-corrected chi connectivity index (χ2v) is 10.3. The highest BCUT2D eigenvalue weighted by Crippen LogP contribution is 2.32. The second-order valence-electron chi connectivity index (χ2n) is 8.43. The number of hydrogen-bond donors (Lipinski definition) is 1. The minimum Gasteiger partial charge on any atom is -0.356 e. The van der Waals surface area contributed by atoms with Crippen molar-refractivity contribution in [2.45, 2.75) is 17.7 Å². The highest BCUT2D eigenvalue weighted by Gasteiger charge is 2.41. The van der Waals surface area contributed by atoms with Crippen LogP contribution in [0.15, 0.2) is 59.5 Å². The van der Waals surface area contributed by atoms with Crippen LogP contribution < -0.4 is 5.73 Å². The molecule has 2 aliphatic heterocycles. The molecule has 2 amide bonds.